The Morgan fingerprint density at radius 3 is 3.06 bits per heavy atom. The van der Waals surface area contributed by atoms with Crippen molar-refractivity contribution in [2.45, 2.75) is 18.7 Å². The summed E-state index contributed by atoms with van der Waals surface area (Å²) in [6, 6.07) is 6.28. The molecule has 1 saturated heterocycles. The van der Waals surface area contributed by atoms with Crippen LogP contribution in [0.1, 0.15) is 18.7 Å². The average molecular weight is 238 g/mol. The van der Waals surface area contributed by atoms with Gasteiger partial charge in [-0.3, -0.25) is 15.4 Å². The van der Waals surface area contributed by atoms with E-state index in [0.717, 1.165) is 0 Å². The molecule has 0 aliphatic carbocycles. The average Bonchev–Trinajstić information content (AvgIpc) is 2.73. The van der Waals surface area contributed by atoms with Gasteiger partial charge >= 0.3 is 0 Å². The fourth-order valence-corrected chi connectivity index (χ4v) is 1.74. The number of rotatable bonds is 3. The van der Waals surface area contributed by atoms with Crippen LogP contribution < -0.4 is 5.32 Å². The van der Waals surface area contributed by atoms with E-state index in [1.54, 1.807) is 12.1 Å². The fraction of sp³-hybridized carbons (Fsp3) is 0.455. The van der Waals surface area contributed by atoms with Crippen molar-refractivity contribution < 1.29 is 14.8 Å². The molecule has 6 heteroatoms. The third-order valence-electron chi connectivity index (χ3n) is 2.78. The number of nitrogens with one attached hydrogen (secondary N) is 1. The minimum atomic E-state index is -0.491. The molecule has 0 bridgehead atoms. The van der Waals surface area contributed by atoms with Crippen molar-refractivity contribution in [3.05, 3.63) is 39.9 Å². The van der Waals surface area contributed by atoms with Gasteiger partial charge in [0.1, 0.15) is 6.23 Å². The Kier molecular flexibility index (Phi) is 3.10. The van der Waals surface area contributed by atoms with Gasteiger partial charge in [0.25, 0.3) is 5.69 Å². The van der Waals surface area contributed by atoms with Crippen LogP contribution in [0.3, 0.4) is 0 Å². The summed E-state index contributed by atoms with van der Waals surface area (Å²) in [7, 11) is 0. The normalized spacial score (nSPS) is 28.2. The zero-order valence-corrected chi connectivity index (χ0v) is 9.42. The van der Waals surface area contributed by atoms with E-state index in [2.05, 4.69) is 5.32 Å². The van der Waals surface area contributed by atoms with Crippen LogP contribution >= 0.6 is 0 Å². The molecule has 1 fully saturated rings. The van der Waals surface area contributed by atoms with Crippen LogP contribution in [0.4, 0.5) is 5.69 Å². The second-order valence-electron chi connectivity index (χ2n) is 4.41. The highest BCUT2D eigenvalue weighted by atomic mass is 16.6. The SMILES string of the molecule is C[C@@]1(CO)CO[C@H](c2cccc([N+](=O)[O-])c2)N1. The maximum absolute atomic E-state index is 10.7. The summed E-state index contributed by atoms with van der Waals surface area (Å²) < 4.78 is 5.49. The van der Waals surface area contributed by atoms with Gasteiger partial charge in [0.05, 0.1) is 23.7 Å². The Morgan fingerprint density at radius 2 is 2.47 bits per heavy atom. The minimum Gasteiger partial charge on any atom is -0.394 e. The summed E-state index contributed by atoms with van der Waals surface area (Å²) in [6.07, 6.45) is -0.410. The lowest BCUT2D eigenvalue weighted by molar-refractivity contribution is -0.385. The zero-order chi connectivity index (χ0) is 12.5. The predicted molar refractivity (Wildman–Crippen MR) is 60.4 cm³/mol. The quantitative estimate of drug-likeness (QED) is 0.605. The van der Waals surface area contributed by atoms with Gasteiger partial charge in [-0.05, 0) is 6.92 Å². The Bertz CT molecular complexity index is 437. The van der Waals surface area contributed by atoms with Gasteiger partial charge in [-0.25, -0.2) is 0 Å². The molecular weight excluding hydrogens is 224 g/mol. The molecule has 2 N–H and O–H groups in total. The van der Waals surface area contributed by atoms with E-state index in [9.17, 15) is 15.2 Å². The summed E-state index contributed by atoms with van der Waals surface area (Å²) in [6.45, 7) is 2.17. The van der Waals surface area contributed by atoms with Crippen molar-refractivity contribution in [1.82, 2.24) is 5.32 Å². The first-order valence-electron chi connectivity index (χ1n) is 5.29. The maximum Gasteiger partial charge on any atom is 0.269 e. The first kappa shape index (κ1) is 12.0. The number of ether oxygens (including phenoxy) is 1. The standard InChI is InChI=1S/C11H14N2O4/c1-11(6-14)7-17-10(12-11)8-3-2-4-9(5-8)13(15)16/h2-5,10,12,14H,6-7H2,1H3/t10-,11-/m1/s1. The lowest BCUT2D eigenvalue weighted by Crippen LogP contribution is -2.43. The van der Waals surface area contributed by atoms with Crippen molar-refractivity contribution in [2.75, 3.05) is 13.2 Å². The van der Waals surface area contributed by atoms with E-state index in [4.69, 9.17) is 4.74 Å². The minimum absolute atomic E-state index is 0.0329. The molecule has 0 amide bonds. The topological polar surface area (TPSA) is 84.6 Å². The third kappa shape index (κ3) is 2.44. The fourth-order valence-electron chi connectivity index (χ4n) is 1.74. The number of nitrogens with zero attached hydrogens (tertiary/aromatic N) is 1. The number of hydrogen-bond acceptors (Lipinski definition) is 5. The van der Waals surface area contributed by atoms with Crippen LogP contribution in [-0.2, 0) is 4.74 Å². The predicted octanol–water partition coefficient (Wildman–Crippen LogP) is 0.964. The molecule has 1 aromatic carbocycles. The summed E-state index contributed by atoms with van der Waals surface area (Å²) in [5.74, 6) is 0. The molecule has 2 rings (SSSR count). The Labute approximate surface area is 98.4 Å². The van der Waals surface area contributed by atoms with E-state index in [1.165, 1.54) is 12.1 Å². The van der Waals surface area contributed by atoms with Gasteiger partial charge < -0.3 is 9.84 Å². The lowest BCUT2D eigenvalue weighted by Gasteiger charge is -2.20. The Morgan fingerprint density at radius 1 is 1.71 bits per heavy atom. The molecule has 0 spiro atoms. The largest absolute Gasteiger partial charge is 0.394 e. The van der Waals surface area contributed by atoms with E-state index >= 15 is 0 Å². The molecule has 0 radical (unpaired) electrons. The van der Waals surface area contributed by atoms with Crippen molar-refractivity contribution in [3.8, 4) is 0 Å². The zero-order valence-electron chi connectivity index (χ0n) is 9.42. The van der Waals surface area contributed by atoms with E-state index in [0.29, 0.717) is 12.2 Å². The van der Waals surface area contributed by atoms with Crippen molar-refractivity contribution in [3.63, 3.8) is 0 Å². The van der Waals surface area contributed by atoms with Gasteiger partial charge in [-0.1, -0.05) is 12.1 Å². The van der Waals surface area contributed by atoms with Crippen LogP contribution in [0.2, 0.25) is 0 Å². The Balaban J connectivity index is 2.19. The van der Waals surface area contributed by atoms with Gasteiger partial charge in [0.15, 0.2) is 0 Å². The van der Waals surface area contributed by atoms with E-state index in [1.807, 2.05) is 6.92 Å². The lowest BCUT2D eigenvalue weighted by atomic mass is 10.1. The highest BCUT2D eigenvalue weighted by molar-refractivity contribution is 5.35. The van der Waals surface area contributed by atoms with Crippen LogP contribution in [0.15, 0.2) is 24.3 Å². The van der Waals surface area contributed by atoms with Gasteiger partial charge in [0.2, 0.25) is 0 Å². The van der Waals surface area contributed by atoms with E-state index in [-0.39, 0.29) is 12.3 Å². The van der Waals surface area contributed by atoms with Crippen molar-refractivity contribution >= 4 is 5.69 Å². The number of aliphatic hydroxyl groups is 1. The smallest absolute Gasteiger partial charge is 0.269 e. The molecule has 1 aromatic rings. The molecule has 1 aliphatic heterocycles. The number of aliphatic hydroxyl groups excluding tert-OH is 1. The summed E-state index contributed by atoms with van der Waals surface area (Å²) in [5.41, 5.74) is 0.233. The second kappa shape index (κ2) is 4.40. The number of benzene rings is 1. The Hall–Kier alpha value is -1.50. The highest BCUT2D eigenvalue weighted by Crippen LogP contribution is 2.27. The first-order chi connectivity index (χ1) is 8.04. The highest BCUT2D eigenvalue weighted by Gasteiger charge is 2.35. The molecule has 2 atom stereocenters. The molecule has 92 valence electrons. The molecule has 6 nitrogen and oxygen atoms in total. The van der Waals surface area contributed by atoms with Crippen LogP contribution in [0.25, 0.3) is 0 Å². The van der Waals surface area contributed by atoms with Gasteiger partial charge in [0, 0.05) is 17.7 Å². The van der Waals surface area contributed by atoms with Crippen LogP contribution in [0, 0.1) is 10.1 Å². The summed E-state index contributed by atoms with van der Waals surface area (Å²) in [5, 5.41) is 22.9. The molecule has 0 unspecified atom stereocenters. The number of nitro benzene ring substituents is 1. The molecular formula is C11H14N2O4. The molecule has 0 saturated carbocycles. The van der Waals surface area contributed by atoms with Crippen LogP contribution in [0.5, 0.6) is 0 Å². The van der Waals surface area contributed by atoms with Gasteiger partial charge in [-0.15, -0.1) is 0 Å². The van der Waals surface area contributed by atoms with Crippen molar-refractivity contribution in [1.29, 1.82) is 0 Å². The molecule has 17 heavy (non-hydrogen) atoms. The monoisotopic (exact) mass is 238 g/mol. The first-order valence-corrected chi connectivity index (χ1v) is 5.29. The van der Waals surface area contributed by atoms with E-state index < -0.39 is 16.7 Å². The number of hydrogen-bond donors (Lipinski definition) is 2. The number of nitro groups is 1. The maximum atomic E-state index is 10.7. The van der Waals surface area contributed by atoms with Crippen LogP contribution in [-0.4, -0.2) is 28.8 Å². The number of non-ortho nitro benzene ring substituents is 1. The summed E-state index contributed by atoms with van der Waals surface area (Å²) in [4.78, 5) is 10.2. The molecule has 0 aromatic heterocycles. The van der Waals surface area contributed by atoms with Gasteiger partial charge in [-0.2, -0.15) is 0 Å². The molecule has 1 heterocycles. The second-order valence-corrected chi connectivity index (χ2v) is 4.41. The third-order valence-corrected chi connectivity index (χ3v) is 2.78. The van der Waals surface area contributed by atoms with Crippen molar-refractivity contribution in [2.24, 2.45) is 0 Å². The summed E-state index contributed by atoms with van der Waals surface area (Å²) >= 11 is 0. The molecule has 1 aliphatic rings.